The van der Waals surface area contributed by atoms with Crippen molar-refractivity contribution >= 4 is 6.29 Å². The van der Waals surface area contributed by atoms with Gasteiger partial charge in [0.15, 0.2) is 0 Å². The van der Waals surface area contributed by atoms with Gasteiger partial charge in [0.25, 0.3) is 0 Å². The molecule has 0 saturated heterocycles. The zero-order valence-corrected chi connectivity index (χ0v) is 12.0. The SMILES string of the molecule is CCC1CCCCC1Oc1ccc(C=O)cc1C(F)(F)F. The van der Waals surface area contributed by atoms with Crippen LogP contribution >= 0.6 is 0 Å². The second-order valence-electron chi connectivity index (χ2n) is 5.48. The summed E-state index contributed by atoms with van der Waals surface area (Å²) in [6.45, 7) is 2.03. The zero-order chi connectivity index (χ0) is 15.5. The molecule has 116 valence electrons. The van der Waals surface area contributed by atoms with Crippen molar-refractivity contribution in [1.82, 2.24) is 0 Å². The summed E-state index contributed by atoms with van der Waals surface area (Å²) in [6.07, 6.45) is 0.480. The van der Waals surface area contributed by atoms with E-state index in [0.717, 1.165) is 38.2 Å². The van der Waals surface area contributed by atoms with E-state index in [1.54, 1.807) is 0 Å². The maximum atomic E-state index is 13.1. The summed E-state index contributed by atoms with van der Waals surface area (Å²) >= 11 is 0. The molecule has 1 aromatic carbocycles. The molecule has 1 saturated carbocycles. The quantitative estimate of drug-likeness (QED) is 0.742. The fourth-order valence-electron chi connectivity index (χ4n) is 2.90. The Kier molecular flexibility index (Phi) is 4.91. The standard InChI is InChI=1S/C16H19F3O2/c1-2-12-5-3-4-6-14(12)21-15-8-7-11(10-20)9-13(15)16(17,18)19/h7-10,12,14H,2-6H2,1H3. The Bertz CT molecular complexity index is 497. The van der Waals surface area contributed by atoms with Crippen molar-refractivity contribution in [2.24, 2.45) is 5.92 Å². The van der Waals surface area contributed by atoms with Crippen molar-refractivity contribution in [2.75, 3.05) is 0 Å². The van der Waals surface area contributed by atoms with Crippen LogP contribution in [0.3, 0.4) is 0 Å². The molecule has 1 aliphatic rings. The molecule has 1 aromatic rings. The molecule has 0 radical (unpaired) electrons. The molecule has 0 N–H and O–H groups in total. The molecule has 1 aliphatic carbocycles. The molecule has 0 spiro atoms. The predicted octanol–water partition coefficient (Wildman–Crippen LogP) is 4.87. The molecule has 0 amide bonds. The van der Waals surface area contributed by atoms with Crippen LogP contribution in [-0.2, 0) is 6.18 Å². The van der Waals surface area contributed by atoms with E-state index in [1.165, 1.54) is 12.1 Å². The maximum Gasteiger partial charge on any atom is 0.419 e. The van der Waals surface area contributed by atoms with Crippen LogP contribution in [-0.4, -0.2) is 12.4 Å². The Labute approximate surface area is 122 Å². The molecule has 1 fully saturated rings. The lowest BCUT2D eigenvalue weighted by Gasteiger charge is -2.32. The lowest BCUT2D eigenvalue weighted by Crippen LogP contribution is -2.30. The number of halogens is 3. The van der Waals surface area contributed by atoms with Gasteiger partial charge in [-0.05, 0) is 49.8 Å². The number of hydrogen-bond acceptors (Lipinski definition) is 2. The van der Waals surface area contributed by atoms with Crippen molar-refractivity contribution in [3.8, 4) is 5.75 Å². The first-order chi connectivity index (χ1) is 9.95. The van der Waals surface area contributed by atoms with Gasteiger partial charge >= 0.3 is 6.18 Å². The smallest absolute Gasteiger partial charge is 0.419 e. The van der Waals surface area contributed by atoms with Gasteiger partial charge in [0.2, 0.25) is 0 Å². The number of aldehydes is 1. The highest BCUT2D eigenvalue weighted by atomic mass is 19.4. The lowest BCUT2D eigenvalue weighted by atomic mass is 9.84. The van der Waals surface area contributed by atoms with Crippen LogP contribution in [0.2, 0.25) is 0 Å². The number of carbonyl (C=O) groups is 1. The fraction of sp³-hybridized carbons (Fsp3) is 0.562. The molecule has 0 aliphatic heterocycles. The average Bonchev–Trinajstić information content (AvgIpc) is 2.47. The van der Waals surface area contributed by atoms with Gasteiger partial charge in [-0.1, -0.05) is 13.3 Å². The van der Waals surface area contributed by atoms with Crippen molar-refractivity contribution in [3.63, 3.8) is 0 Å². The second kappa shape index (κ2) is 6.50. The lowest BCUT2D eigenvalue weighted by molar-refractivity contribution is -0.139. The summed E-state index contributed by atoms with van der Waals surface area (Å²) in [4.78, 5) is 10.7. The maximum absolute atomic E-state index is 13.1. The molecule has 2 rings (SSSR count). The largest absolute Gasteiger partial charge is 0.490 e. The molecule has 5 heteroatoms. The van der Waals surface area contributed by atoms with Crippen LogP contribution in [0, 0.1) is 5.92 Å². The summed E-state index contributed by atoms with van der Waals surface area (Å²) < 4.78 is 45.0. The Morgan fingerprint density at radius 1 is 1.29 bits per heavy atom. The van der Waals surface area contributed by atoms with Crippen LogP contribution in [0.4, 0.5) is 13.2 Å². The fourth-order valence-corrected chi connectivity index (χ4v) is 2.90. The number of benzene rings is 1. The van der Waals surface area contributed by atoms with Crippen molar-refractivity contribution in [1.29, 1.82) is 0 Å². The molecule has 2 unspecified atom stereocenters. The van der Waals surface area contributed by atoms with Crippen molar-refractivity contribution in [2.45, 2.75) is 51.3 Å². The van der Waals surface area contributed by atoms with E-state index >= 15 is 0 Å². The van der Waals surface area contributed by atoms with E-state index in [-0.39, 0.29) is 17.4 Å². The summed E-state index contributed by atoms with van der Waals surface area (Å²) in [6, 6.07) is 3.47. The minimum atomic E-state index is -4.52. The van der Waals surface area contributed by atoms with Crippen LogP contribution in [0.25, 0.3) is 0 Å². The molecule has 0 heterocycles. The summed E-state index contributed by atoms with van der Waals surface area (Å²) in [5.74, 6) is 0.129. The number of hydrogen-bond donors (Lipinski definition) is 0. The first-order valence-corrected chi connectivity index (χ1v) is 7.28. The third-order valence-electron chi connectivity index (χ3n) is 4.09. The van der Waals surface area contributed by atoms with Crippen LogP contribution < -0.4 is 4.74 Å². The molecular formula is C16H19F3O2. The zero-order valence-electron chi connectivity index (χ0n) is 12.0. The number of carbonyl (C=O) groups excluding carboxylic acids is 1. The molecule has 0 aromatic heterocycles. The van der Waals surface area contributed by atoms with Gasteiger partial charge in [-0.2, -0.15) is 13.2 Å². The minimum absolute atomic E-state index is 0.00496. The molecule has 0 bridgehead atoms. The van der Waals surface area contributed by atoms with Crippen LogP contribution in [0.5, 0.6) is 5.75 Å². The normalized spacial score (nSPS) is 22.9. The first-order valence-electron chi connectivity index (χ1n) is 7.28. The Morgan fingerprint density at radius 3 is 2.62 bits per heavy atom. The number of alkyl halides is 3. The molecule has 2 atom stereocenters. The van der Waals surface area contributed by atoms with Gasteiger partial charge in [0.1, 0.15) is 18.1 Å². The van der Waals surface area contributed by atoms with Crippen LogP contribution in [0.15, 0.2) is 18.2 Å². The van der Waals surface area contributed by atoms with Gasteiger partial charge in [0.05, 0.1) is 5.56 Å². The van der Waals surface area contributed by atoms with E-state index in [1.807, 2.05) is 6.92 Å². The van der Waals surface area contributed by atoms with Crippen LogP contribution in [0.1, 0.15) is 54.9 Å². The minimum Gasteiger partial charge on any atom is -0.490 e. The van der Waals surface area contributed by atoms with Crippen molar-refractivity contribution < 1.29 is 22.7 Å². The van der Waals surface area contributed by atoms with E-state index in [4.69, 9.17) is 4.74 Å². The van der Waals surface area contributed by atoms with Gasteiger partial charge in [-0.15, -0.1) is 0 Å². The highest BCUT2D eigenvalue weighted by Crippen LogP contribution is 2.39. The Morgan fingerprint density at radius 2 is 2.00 bits per heavy atom. The highest BCUT2D eigenvalue weighted by molar-refractivity contribution is 5.75. The molecule has 21 heavy (non-hydrogen) atoms. The first kappa shape index (κ1) is 15.9. The second-order valence-corrected chi connectivity index (χ2v) is 5.48. The summed E-state index contributed by atoms with van der Waals surface area (Å²) in [7, 11) is 0. The molecule has 2 nitrogen and oxygen atoms in total. The summed E-state index contributed by atoms with van der Waals surface area (Å²) in [5, 5.41) is 0. The average molecular weight is 300 g/mol. The van der Waals surface area contributed by atoms with E-state index < -0.39 is 11.7 Å². The summed E-state index contributed by atoms with van der Waals surface area (Å²) in [5.41, 5.74) is -0.863. The molecular weight excluding hydrogens is 281 g/mol. The third-order valence-corrected chi connectivity index (χ3v) is 4.09. The van der Waals surface area contributed by atoms with Gasteiger partial charge in [-0.25, -0.2) is 0 Å². The topological polar surface area (TPSA) is 26.3 Å². The van der Waals surface area contributed by atoms with Gasteiger partial charge in [-0.3, -0.25) is 4.79 Å². The number of rotatable bonds is 4. The third kappa shape index (κ3) is 3.77. The Balaban J connectivity index is 2.28. The monoisotopic (exact) mass is 300 g/mol. The highest BCUT2D eigenvalue weighted by Gasteiger charge is 2.36. The van der Waals surface area contributed by atoms with E-state index in [0.29, 0.717) is 12.2 Å². The van der Waals surface area contributed by atoms with Gasteiger partial charge < -0.3 is 4.74 Å². The Hall–Kier alpha value is -1.52. The van der Waals surface area contributed by atoms with Gasteiger partial charge in [0, 0.05) is 5.56 Å². The number of ether oxygens (including phenoxy) is 1. The van der Waals surface area contributed by atoms with E-state index in [9.17, 15) is 18.0 Å². The predicted molar refractivity (Wildman–Crippen MR) is 73.5 cm³/mol. The van der Waals surface area contributed by atoms with Crippen molar-refractivity contribution in [3.05, 3.63) is 29.3 Å². The van der Waals surface area contributed by atoms with E-state index in [2.05, 4.69) is 0 Å².